The van der Waals surface area contributed by atoms with Crippen LogP contribution < -0.4 is 0 Å². The summed E-state index contributed by atoms with van der Waals surface area (Å²) in [5, 5.41) is 26.1. The summed E-state index contributed by atoms with van der Waals surface area (Å²) < 4.78 is 1.72. The monoisotopic (exact) mass is 332 g/mol. The van der Waals surface area contributed by atoms with Gasteiger partial charge in [-0.15, -0.1) is 5.10 Å². The number of nitrogens with one attached hydrogen (secondary N) is 1. The van der Waals surface area contributed by atoms with Crippen LogP contribution in [0.25, 0.3) is 0 Å². The maximum atomic E-state index is 12.7. The van der Waals surface area contributed by atoms with Crippen molar-refractivity contribution in [1.29, 1.82) is 0 Å². The van der Waals surface area contributed by atoms with Crippen LogP contribution in [0.15, 0.2) is 12.3 Å². The number of aliphatic hydroxyl groups is 1. The van der Waals surface area contributed by atoms with E-state index in [2.05, 4.69) is 20.5 Å². The second kappa shape index (κ2) is 6.35. The molecule has 3 rings (SSSR count). The van der Waals surface area contributed by atoms with Gasteiger partial charge in [0.1, 0.15) is 17.0 Å². The van der Waals surface area contributed by atoms with Crippen LogP contribution in [0.4, 0.5) is 0 Å². The van der Waals surface area contributed by atoms with E-state index in [0.717, 1.165) is 12.1 Å². The van der Waals surface area contributed by atoms with Crippen LogP contribution in [-0.2, 0) is 12.0 Å². The Balaban J connectivity index is 1.78. The van der Waals surface area contributed by atoms with Crippen LogP contribution in [-0.4, -0.2) is 54.2 Å². The van der Waals surface area contributed by atoms with Crippen LogP contribution in [0.5, 0.6) is 0 Å². The fraction of sp³-hybridized carbons (Fsp3) is 0.625. The summed E-state index contributed by atoms with van der Waals surface area (Å²) in [7, 11) is 0. The number of aromatic amines is 1. The lowest BCUT2D eigenvalue weighted by atomic mass is 9.90. The minimum absolute atomic E-state index is 0.166. The van der Waals surface area contributed by atoms with Gasteiger partial charge in [0, 0.05) is 18.3 Å². The van der Waals surface area contributed by atoms with E-state index < -0.39 is 5.60 Å². The van der Waals surface area contributed by atoms with Gasteiger partial charge < -0.3 is 10.0 Å². The van der Waals surface area contributed by atoms with E-state index in [1.165, 1.54) is 0 Å². The van der Waals surface area contributed by atoms with Gasteiger partial charge in [-0.2, -0.15) is 5.10 Å². The summed E-state index contributed by atoms with van der Waals surface area (Å²) in [6.07, 6.45) is 3.83. The second-order valence-corrected chi connectivity index (χ2v) is 6.67. The molecule has 1 aliphatic heterocycles. The van der Waals surface area contributed by atoms with Gasteiger partial charge in [0.05, 0.1) is 12.7 Å². The van der Waals surface area contributed by atoms with Crippen LogP contribution in [0.3, 0.4) is 0 Å². The second-order valence-electron chi connectivity index (χ2n) is 6.67. The molecule has 0 spiro atoms. The van der Waals surface area contributed by atoms with Gasteiger partial charge in [-0.25, -0.2) is 4.68 Å². The Morgan fingerprint density at radius 1 is 1.50 bits per heavy atom. The molecule has 3 heterocycles. The van der Waals surface area contributed by atoms with E-state index >= 15 is 0 Å². The lowest BCUT2D eigenvalue weighted by Gasteiger charge is -2.37. The lowest BCUT2D eigenvalue weighted by Crippen LogP contribution is -2.48. The molecule has 130 valence electrons. The van der Waals surface area contributed by atoms with Crippen molar-refractivity contribution >= 4 is 5.91 Å². The molecule has 8 nitrogen and oxygen atoms in total. The van der Waals surface area contributed by atoms with Crippen molar-refractivity contribution in [2.75, 3.05) is 13.1 Å². The van der Waals surface area contributed by atoms with Gasteiger partial charge in [0.25, 0.3) is 5.91 Å². The van der Waals surface area contributed by atoms with E-state index in [0.29, 0.717) is 30.8 Å². The van der Waals surface area contributed by atoms with Crippen LogP contribution >= 0.6 is 0 Å². The van der Waals surface area contributed by atoms with Gasteiger partial charge >= 0.3 is 0 Å². The van der Waals surface area contributed by atoms with Crippen molar-refractivity contribution < 1.29 is 9.90 Å². The van der Waals surface area contributed by atoms with Crippen LogP contribution in [0.2, 0.25) is 0 Å². The predicted octanol–water partition coefficient (Wildman–Crippen LogP) is 1.27. The first-order valence-corrected chi connectivity index (χ1v) is 8.41. The molecule has 0 saturated carbocycles. The van der Waals surface area contributed by atoms with Gasteiger partial charge in [-0.1, -0.05) is 12.1 Å². The van der Waals surface area contributed by atoms with Crippen LogP contribution in [0, 0.1) is 0 Å². The molecular weight excluding hydrogens is 308 g/mol. The van der Waals surface area contributed by atoms with Crippen molar-refractivity contribution in [3.05, 3.63) is 29.3 Å². The number of carbonyl (C=O) groups excluding carboxylic acids is 1. The van der Waals surface area contributed by atoms with E-state index in [-0.39, 0.29) is 18.5 Å². The first-order valence-electron chi connectivity index (χ1n) is 8.41. The quantitative estimate of drug-likeness (QED) is 0.878. The SMILES string of the molecule is CCc1cc(C(=O)N2CCC[C@@](O)(c3cn(C(C)C)nn3)C2)n[nH]1. The Kier molecular flexibility index (Phi) is 4.40. The summed E-state index contributed by atoms with van der Waals surface area (Å²) >= 11 is 0. The molecular formula is C16H24N6O2. The molecule has 0 radical (unpaired) electrons. The maximum absolute atomic E-state index is 12.7. The largest absolute Gasteiger partial charge is 0.382 e. The first-order chi connectivity index (χ1) is 11.4. The molecule has 1 atom stereocenters. The first kappa shape index (κ1) is 16.6. The Labute approximate surface area is 140 Å². The molecule has 1 saturated heterocycles. The summed E-state index contributed by atoms with van der Waals surface area (Å²) in [6, 6.07) is 1.94. The summed E-state index contributed by atoms with van der Waals surface area (Å²) in [5.74, 6) is -0.166. The smallest absolute Gasteiger partial charge is 0.274 e. The highest BCUT2D eigenvalue weighted by molar-refractivity contribution is 5.92. The number of rotatable bonds is 4. The number of piperidine rings is 1. The molecule has 2 aromatic rings. The maximum Gasteiger partial charge on any atom is 0.274 e. The molecule has 0 bridgehead atoms. The zero-order valence-electron chi connectivity index (χ0n) is 14.4. The number of aryl methyl sites for hydroxylation is 1. The highest BCUT2D eigenvalue weighted by Crippen LogP contribution is 2.31. The van der Waals surface area contributed by atoms with Crippen molar-refractivity contribution in [2.24, 2.45) is 0 Å². The zero-order valence-corrected chi connectivity index (χ0v) is 14.4. The number of aromatic nitrogens is 5. The van der Waals surface area contributed by atoms with Crippen LogP contribution in [0.1, 0.15) is 61.5 Å². The number of likely N-dealkylation sites (tertiary alicyclic amines) is 1. The Bertz CT molecular complexity index is 722. The van der Waals surface area contributed by atoms with E-state index in [1.807, 2.05) is 20.8 Å². The topological polar surface area (TPSA) is 99.9 Å². The van der Waals surface area contributed by atoms with Crippen molar-refractivity contribution in [1.82, 2.24) is 30.1 Å². The zero-order chi connectivity index (χ0) is 17.3. The molecule has 1 amide bonds. The Hall–Kier alpha value is -2.22. The number of H-pyrrole nitrogens is 1. The average Bonchev–Trinajstić information content (AvgIpc) is 3.23. The van der Waals surface area contributed by atoms with E-state index in [1.54, 1.807) is 21.8 Å². The highest BCUT2D eigenvalue weighted by Gasteiger charge is 2.39. The van der Waals surface area contributed by atoms with Crippen molar-refractivity contribution in [2.45, 2.75) is 51.7 Å². The molecule has 1 fully saturated rings. The third-order valence-corrected chi connectivity index (χ3v) is 4.51. The molecule has 8 heteroatoms. The number of amides is 1. The molecule has 0 unspecified atom stereocenters. The molecule has 0 aromatic carbocycles. The fourth-order valence-corrected chi connectivity index (χ4v) is 2.98. The van der Waals surface area contributed by atoms with E-state index in [4.69, 9.17) is 0 Å². The summed E-state index contributed by atoms with van der Waals surface area (Å²) in [5.41, 5.74) is 0.669. The number of nitrogens with zero attached hydrogens (tertiary/aromatic N) is 5. The standard InChI is InChI=1S/C16H24N6O2/c1-4-12-8-13(18-17-12)15(23)21-7-5-6-16(24,10-21)14-9-22(11(2)3)20-19-14/h8-9,11,24H,4-7,10H2,1-3H3,(H,17,18)/t16-/m0/s1. The minimum Gasteiger partial charge on any atom is -0.382 e. The summed E-state index contributed by atoms with van der Waals surface area (Å²) in [4.78, 5) is 14.3. The van der Waals surface area contributed by atoms with Gasteiger partial charge in [-0.05, 0) is 39.2 Å². The lowest BCUT2D eigenvalue weighted by molar-refractivity contribution is -0.0322. The van der Waals surface area contributed by atoms with E-state index in [9.17, 15) is 9.90 Å². The molecule has 24 heavy (non-hydrogen) atoms. The number of hydrogen-bond donors (Lipinski definition) is 2. The van der Waals surface area contributed by atoms with Gasteiger partial charge in [0.15, 0.2) is 0 Å². The van der Waals surface area contributed by atoms with Crippen molar-refractivity contribution in [3.63, 3.8) is 0 Å². The fourth-order valence-electron chi connectivity index (χ4n) is 2.98. The number of carbonyl (C=O) groups is 1. The third kappa shape index (κ3) is 3.06. The average molecular weight is 332 g/mol. The Morgan fingerprint density at radius 2 is 2.29 bits per heavy atom. The molecule has 1 aliphatic rings. The molecule has 0 aliphatic carbocycles. The molecule has 2 aromatic heterocycles. The summed E-state index contributed by atoms with van der Waals surface area (Å²) in [6.45, 7) is 6.81. The Morgan fingerprint density at radius 3 is 2.92 bits per heavy atom. The van der Waals surface area contributed by atoms with Gasteiger partial charge in [0.2, 0.25) is 0 Å². The number of hydrogen-bond acceptors (Lipinski definition) is 5. The predicted molar refractivity (Wildman–Crippen MR) is 87.4 cm³/mol. The third-order valence-electron chi connectivity index (χ3n) is 4.51. The van der Waals surface area contributed by atoms with Crippen molar-refractivity contribution in [3.8, 4) is 0 Å². The normalized spacial score (nSPS) is 21.5. The minimum atomic E-state index is -1.16. The number of β-amino-alcohol motifs (C(OH)–C–C–N with tert-alkyl or cyclic N) is 1. The highest BCUT2D eigenvalue weighted by atomic mass is 16.3. The molecule has 2 N–H and O–H groups in total. The van der Waals surface area contributed by atoms with Gasteiger partial charge in [-0.3, -0.25) is 9.89 Å².